The van der Waals surface area contributed by atoms with Crippen LogP contribution in [-0.4, -0.2) is 22.0 Å². The Hall–Kier alpha value is -3.94. The number of aromatic nitrogens is 2. The molecule has 1 aromatic carbocycles. The molecule has 0 saturated heterocycles. The molecule has 0 spiro atoms. The Morgan fingerprint density at radius 2 is 1.90 bits per heavy atom. The van der Waals surface area contributed by atoms with Gasteiger partial charge in [-0.15, -0.1) is 0 Å². The van der Waals surface area contributed by atoms with E-state index in [2.05, 4.69) is 20.8 Å². The minimum Gasteiger partial charge on any atom is -0.459 e. The van der Waals surface area contributed by atoms with E-state index in [1.54, 1.807) is 30.3 Å². The molecule has 0 bridgehead atoms. The number of amides is 2. The summed E-state index contributed by atoms with van der Waals surface area (Å²) in [6, 6.07) is 12.2. The van der Waals surface area contributed by atoms with Crippen LogP contribution in [0.2, 0.25) is 0 Å². The van der Waals surface area contributed by atoms with Crippen molar-refractivity contribution in [3.63, 3.8) is 0 Å². The summed E-state index contributed by atoms with van der Waals surface area (Å²) >= 11 is 0. The molecule has 8 heteroatoms. The average Bonchev–Trinajstić information content (AvgIpc) is 3.42. The van der Waals surface area contributed by atoms with E-state index in [1.165, 1.54) is 12.5 Å². The van der Waals surface area contributed by atoms with Gasteiger partial charge in [-0.2, -0.15) is 0 Å². The second kappa shape index (κ2) is 8.20. The molecular formula is C22H20N4O4. The number of hydrogen-bond donors (Lipinski definition) is 2. The number of pyridine rings is 1. The Morgan fingerprint density at radius 1 is 1.10 bits per heavy atom. The van der Waals surface area contributed by atoms with Gasteiger partial charge >= 0.3 is 0 Å². The van der Waals surface area contributed by atoms with Crippen molar-refractivity contribution in [3.8, 4) is 0 Å². The van der Waals surface area contributed by atoms with E-state index >= 15 is 0 Å². The van der Waals surface area contributed by atoms with Crippen molar-refractivity contribution < 1.29 is 18.5 Å². The summed E-state index contributed by atoms with van der Waals surface area (Å²) in [5.74, 6) is -0.155. The van der Waals surface area contributed by atoms with Crippen LogP contribution in [0.15, 0.2) is 63.9 Å². The van der Waals surface area contributed by atoms with Gasteiger partial charge in [0.2, 0.25) is 0 Å². The molecule has 152 valence electrons. The highest BCUT2D eigenvalue weighted by Gasteiger charge is 2.15. The van der Waals surface area contributed by atoms with Gasteiger partial charge < -0.3 is 19.6 Å². The van der Waals surface area contributed by atoms with Gasteiger partial charge in [0.1, 0.15) is 0 Å². The van der Waals surface area contributed by atoms with E-state index in [1.807, 2.05) is 26.0 Å². The summed E-state index contributed by atoms with van der Waals surface area (Å²) in [6.07, 6.45) is 2.92. The van der Waals surface area contributed by atoms with Crippen LogP contribution in [0, 0.1) is 0 Å². The number of rotatable bonds is 6. The van der Waals surface area contributed by atoms with Gasteiger partial charge in [-0.05, 0) is 41.8 Å². The van der Waals surface area contributed by atoms with Crippen molar-refractivity contribution in [1.82, 2.24) is 15.5 Å². The largest absolute Gasteiger partial charge is 0.459 e. The number of fused-ring (bicyclic) bond motifs is 1. The predicted octanol–water partition coefficient (Wildman–Crippen LogP) is 4.12. The summed E-state index contributed by atoms with van der Waals surface area (Å²) in [4.78, 5) is 28.7. The summed E-state index contributed by atoms with van der Waals surface area (Å²) in [5.41, 5.74) is 3.16. The first-order valence-corrected chi connectivity index (χ1v) is 9.48. The molecular weight excluding hydrogens is 384 g/mol. The molecule has 0 atom stereocenters. The Kier molecular flexibility index (Phi) is 5.30. The van der Waals surface area contributed by atoms with Crippen molar-refractivity contribution in [2.75, 3.05) is 5.32 Å². The van der Waals surface area contributed by atoms with E-state index in [0.717, 1.165) is 16.6 Å². The minimum atomic E-state index is -0.321. The lowest BCUT2D eigenvalue weighted by Gasteiger charge is -2.07. The molecule has 4 rings (SSSR count). The quantitative estimate of drug-likeness (QED) is 0.500. The highest BCUT2D eigenvalue weighted by Crippen LogP contribution is 2.24. The smallest absolute Gasteiger partial charge is 0.291 e. The summed E-state index contributed by atoms with van der Waals surface area (Å²) < 4.78 is 10.3. The zero-order valence-electron chi connectivity index (χ0n) is 16.5. The van der Waals surface area contributed by atoms with E-state index in [4.69, 9.17) is 8.94 Å². The molecule has 4 aromatic rings. The second-order valence-electron chi connectivity index (χ2n) is 7.11. The second-order valence-corrected chi connectivity index (χ2v) is 7.11. The number of furan rings is 1. The fourth-order valence-corrected chi connectivity index (χ4v) is 2.98. The van der Waals surface area contributed by atoms with Gasteiger partial charge in [-0.1, -0.05) is 31.1 Å². The molecule has 2 N–H and O–H groups in total. The maximum atomic E-state index is 12.5. The summed E-state index contributed by atoms with van der Waals surface area (Å²) in [5, 5.41) is 10.4. The van der Waals surface area contributed by atoms with Gasteiger partial charge in [0.05, 0.1) is 22.9 Å². The Labute approximate surface area is 172 Å². The standard InChI is InChI=1S/C22H20N4O4/c1-13(2)19-17-10-15(12-24-22(17)30-26-19)20(27)23-11-14-5-7-16(8-6-14)25-21(28)18-4-3-9-29-18/h3-10,12-13H,11H2,1-2H3,(H,23,27)(H,25,28). The van der Waals surface area contributed by atoms with Crippen LogP contribution >= 0.6 is 0 Å². The maximum absolute atomic E-state index is 12.5. The highest BCUT2D eigenvalue weighted by molar-refractivity contribution is 6.02. The molecule has 0 fully saturated rings. The SMILES string of the molecule is CC(C)c1noc2ncc(C(=O)NCc3ccc(NC(=O)c4ccco4)cc3)cc12. The number of anilines is 1. The van der Waals surface area contributed by atoms with Crippen molar-refractivity contribution in [1.29, 1.82) is 0 Å². The van der Waals surface area contributed by atoms with Crippen LogP contribution < -0.4 is 10.6 Å². The molecule has 0 unspecified atom stereocenters. The maximum Gasteiger partial charge on any atom is 0.291 e. The predicted molar refractivity (Wildman–Crippen MR) is 110 cm³/mol. The van der Waals surface area contributed by atoms with E-state index in [-0.39, 0.29) is 23.5 Å². The number of nitrogens with one attached hydrogen (secondary N) is 2. The third-order valence-electron chi connectivity index (χ3n) is 4.58. The van der Waals surface area contributed by atoms with E-state index in [9.17, 15) is 9.59 Å². The molecule has 0 saturated carbocycles. The fraction of sp³-hybridized carbons (Fsp3) is 0.182. The zero-order valence-corrected chi connectivity index (χ0v) is 16.5. The van der Waals surface area contributed by atoms with Crippen molar-refractivity contribution >= 4 is 28.6 Å². The third-order valence-corrected chi connectivity index (χ3v) is 4.58. The third kappa shape index (κ3) is 4.07. The molecule has 0 aliphatic heterocycles. The van der Waals surface area contributed by atoms with Crippen molar-refractivity contribution in [2.24, 2.45) is 0 Å². The lowest BCUT2D eigenvalue weighted by molar-refractivity contribution is 0.0949. The number of nitrogens with zero attached hydrogens (tertiary/aromatic N) is 2. The summed E-state index contributed by atoms with van der Waals surface area (Å²) in [7, 11) is 0. The van der Waals surface area contributed by atoms with Gasteiger partial charge in [0.25, 0.3) is 17.5 Å². The lowest BCUT2D eigenvalue weighted by atomic mass is 10.1. The fourth-order valence-electron chi connectivity index (χ4n) is 2.98. The van der Waals surface area contributed by atoms with E-state index < -0.39 is 0 Å². The Morgan fingerprint density at radius 3 is 2.60 bits per heavy atom. The number of carbonyl (C=O) groups is 2. The first-order chi connectivity index (χ1) is 14.5. The Balaban J connectivity index is 1.38. The molecule has 2 amide bonds. The molecule has 0 aliphatic rings. The van der Waals surface area contributed by atoms with Crippen LogP contribution in [0.1, 0.15) is 51.9 Å². The van der Waals surface area contributed by atoms with Crippen LogP contribution in [0.25, 0.3) is 11.1 Å². The molecule has 8 nitrogen and oxygen atoms in total. The number of hydrogen-bond acceptors (Lipinski definition) is 6. The molecule has 3 heterocycles. The molecule has 3 aromatic heterocycles. The number of carbonyl (C=O) groups excluding carboxylic acids is 2. The summed E-state index contributed by atoms with van der Waals surface area (Å²) in [6.45, 7) is 4.35. The zero-order chi connectivity index (χ0) is 21.1. The minimum absolute atomic E-state index is 0.165. The monoisotopic (exact) mass is 404 g/mol. The van der Waals surface area contributed by atoms with Gasteiger partial charge in [0.15, 0.2) is 5.76 Å². The van der Waals surface area contributed by atoms with Crippen LogP contribution in [-0.2, 0) is 6.54 Å². The molecule has 0 aliphatic carbocycles. The topological polar surface area (TPSA) is 110 Å². The van der Waals surface area contributed by atoms with Gasteiger partial charge in [0, 0.05) is 18.4 Å². The van der Waals surface area contributed by atoms with Crippen molar-refractivity contribution in [3.05, 3.63) is 77.5 Å². The van der Waals surface area contributed by atoms with Gasteiger partial charge in [-0.3, -0.25) is 9.59 Å². The normalized spacial score (nSPS) is 11.0. The van der Waals surface area contributed by atoms with Crippen LogP contribution in [0.3, 0.4) is 0 Å². The van der Waals surface area contributed by atoms with Crippen LogP contribution in [0.4, 0.5) is 5.69 Å². The average molecular weight is 404 g/mol. The lowest BCUT2D eigenvalue weighted by Crippen LogP contribution is -2.23. The molecule has 0 radical (unpaired) electrons. The van der Waals surface area contributed by atoms with Crippen molar-refractivity contribution in [2.45, 2.75) is 26.3 Å². The van der Waals surface area contributed by atoms with E-state index in [0.29, 0.717) is 23.5 Å². The first kappa shape index (κ1) is 19.4. The highest BCUT2D eigenvalue weighted by atomic mass is 16.5. The van der Waals surface area contributed by atoms with Crippen LogP contribution in [0.5, 0.6) is 0 Å². The number of benzene rings is 1. The Bertz CT molecular complexity index is 1180. The first-order valence-electron chi connectivity index (χ1n) is 9.48. The van der Waals surface area contributed by atoms with Gasteiger partial charge in [-0.25, -0.2) is 4.98 Å². The molecule has 30 heavy (non-hydrogen) atoms.